The SMILES string of the molecule is O=C(O)N[C@@H]1CN(Cc2ccccc2)C[C@H]1c1ccc(F)c(F)c1. The molecule has 1 fully saturated rings. The summed E-state index contributed by atoms with van der Waals surface area (Å²) in [6.45, 7) is 1.77. The third-order valence-corrected chi connectivity index (χ3v) is 4.33. The van der Waals surface area contributed by atoms with Crippen molar-refractivity contribution in [2.75, 3.05) is 13.1 Å². The molecule has 3 rings (SSSR count). The van der Waals surface area contributed by atoms with Gasteiger partial charge in [0.15, 0.2) is 11.6 Å². The van der Waals surface area contributed by atoms with Gasteiger partial charge in [-0.05, 0) is 23.3 Å². The van der Waals surface area contributed by atoms with Crippen molar-refractivity contribution in [1.82, 2.24) is 10.2 Å². The van der Waals surface area contributed by atoms with E-state index in [-0.39, 0.29) is 12.0 Å². The minimum atomic E-state index is -1.12. The number of carbonyl (C=O) groups is 1. The van der Waals surface area contributed by atoms with Gasteiger partial charge >= 0.3 is 6.09 Å². The number of hydrogen-bond acceptors (Lipinski definition) is 2. The van der Waals surface area contributed by atoms with E-state index >= 15 is 0 Å². The molecule has 0 aromatic heterocycles. The topological polar surface area (TPSA) is 52.6 Å². The van der Waals surface area contributed by atoms with E-state index < -0.39 is 17.7 Å². The molecule has 2 N–H and O–H groups in total. The van der Waals surface area contributed by atoms with E-state index in [2.05, 4.69) is 10.2 Å². The molecule has 126 valence electrons. The average Bonchev–Trinajstić information content (AvgIpc) is 2.92. The Morgan fingerprint density at radius 2 is 1.88 bits per heavy atom. The quantitative estimate of drug-likeness (QED) is 0.904. The van der Waals surface area contributed by atoms with Crippen LogP contribution >= 0.6 is 0 Å². The van der Waals surface area contributed by atoms with E-state index in [0.717, 1.165) is 17.7 Å². The Morgan fingerprint density at radius 1 is 1.12 bits per heavy atom. The second-order valence-corrected chi connectivity index (χ2v) is 6.02. The van der Waals surface area contributed by atoms with Crippen molar-refractivity contribution < 1.29 is 18.7 Å². The lowest BCUT2D eigenvalue weighted by Crippen LogP contribution is -2.38. The largest absolute Gasteiger partial charge is 0.465 e. The van der Waals surface area contributed by atoms with E-state index in [1.807, 2.05) is 30.3 Å². The summed E-state index contributed by atoms with van der Waals surface area (Å²) in [4.78, 5) is 13.2. The van der Waals surface area contributed by atoms with E-state index in [0.29, 0.717) is 25.2 Å². The summed E-state index contributed by atoms with van der Waals surface area (Å²) in [6, 6.07) is 13.2. The molecule has 0 saturated carbocycles. The standard InChI is InChI=1S/C18H18F2N2O2/c19-15-7-6-13(8-16(15)20)14-10-22(11-17(14)21-18(23)24)9-12-4-2-1-3-5-12/h1-8,14,17,21H,9-11H2,(H,23,24)/t14-,17+/m0/s1. The lowest BCUT2D eigenvalue weighted by atomic mass is 9.94. The van der Waals surface area contributed by atoms with E-state index in [1.165, 1.54) is 6.07 Å². The lowest BCUT2D eigenvalue weighted by Gasteiger charge is -2.18. The van der Waals surface area contributed by atoms with Crippen molar-refractivity contribution in [3.05, 3.63) is 71.3 Å². The molecule has 2 aromatic carbocycles. The van der Waals surface area contributed by atoms with Crippen molar-refractivity contribution in [2.24, 2.45) is 0 Å². The first-order valence-electron chi connectivity index (χ1n) is 7.73. The summed E-state index contributed by atoms with van der Waals surface area (Å²) in [7, 11) is 0. The number of nitrogens with zero attached hydrogens (tertiary/aromatic N) is 1. The second kappa shape index (κ2) is 6.97. The van der Waals surface area contributed by atoms with Gasteiger partial charge in [-0.25, -0.2) is 13.6 Å². The molecular formula is C18H18F2N2O2. The highest BCUT2D eigenvalue weighted by atomic mass is 19.2. The van der Waals surface area contributed by atoms with Crippen LogP contribution in [-0.4, -0.2) is 35.2 Å². The Bertz CT molecular complexity index is 724. The van der Waals surface area contributed by atoms with Gasteiger partial charge in [0.25, 0.3) is 0 Å². The monoisotopic (exact) mass is 332 g/mol. The zero-order valence-corrected chi connectivity index (χ0v) is 13.0. The van der Waals surface area contributed by atoms with E-state index in [9.17, 15) is 13.6 Å². The minimum absolute atomic E-state index is 0.222. The summed E-state index contributed by atoms with van der Waals surface area (Å²) in [5.41, 5.74) is 1.72. The van der Waals surface area contributed by atoms with Crippen molar-refractivity contribution in [1.29, 1.82) is 0 Å². The van der Waals surface area contributed by atoms with E-state index in [1.54, 1.807) is 0 Å². The number of amides is 1. The van der Waals surface area contributed by atoms with Crippen LogP contribution in [0.2, 0.25) is 0 Å². The number of halogens is 2. The molecule has 2 atom stereocenters. The first-order chi connectivity index (χ1) is 11.5. The molecule has 2 aromatic rings. The van der Waals surface area contributed by atoms with Crippen molar-refractivity contribution in [3.63, 3.8) is 0 Å². The molecule has 1 amide bonds. The van der Waals surface area contributed by atoms with Gasteiger partial charge in [-0.1, -0.05) is 36.4 Å². The zero-order chi connectivity index (χ0) is 17.1. The van der Waals surface area contributed by atoms with E-state index in [4.69, 9.17) is 5.11 Å². The van der Waals surface area contributed by atoms with Gasteiger partial charge < -0.3 is 10.4 Å². The highest BCUT2D eigenvalue weighted by Crippen LogP contribution is 2.29. The first kappa shape index (κ1) is 16.4. The van der Waals surface area contributed by atoms with Gasteiger partial charge in [-0.15, -0.1) is 0 Å². The third-order valence-electron chi connectivity index (χ3n) is 4.33. The number of rotatable bonds is 4. The minimum Gasteiger partial charge on any atom is -0.465 e. The van der Waals surface area contributed by atoms with Crippen LogP contribution in [0, 0.1) is 11.6 Å². The highest BCUT2D eigenvalue weighted by molar-refractivity contribution is 5.65. The second-order valence-electron chi connectivity index (χ2n) is 6.02. The van der Waals surface area contributed by atoms with Crippen LogP contribution in [0.1, 0.15) is 17.0 Å². The molecule has 6 heteroatoms. The van der Waals surface area contributed by atoms with Crippen LogP contribution in [0.4, 0.5) is 13.6 Å². The average molecular weight is 332 g/mol. The summed E-state index contributed by atoms with van der Waals surface area (Å²) in [6.07, 6.45) is -1.12. The lowest BCUT2D eigenvalue weighted by molar-refractivity contribution is 0.188. The Labute approximate surface area is 138 Å². The van der Waals surface area contributed by atoms with Crippen LogP contribution in [0.3, 0.4) is 0 Å². The summed E-state index contributed by atoms with van der Waals surface area (Å²) >= 11 is 0. The Morgan fingerprint density at radius 3 is 2.54 bits per heavy atom. The molecule has 24 heavy (non-hydrogen) atoms. The Hall–Kier alpha value is -2.47. The Balaban J connectivity index is 1.79. The zero-order valence-electron chi connectivity index (χ0n) is 13.0. The maximum absolute atomic E-state index is 13.5. The van der Waals surface area contributed by atoms with Crippen LogP contribution in [-0.2, 0) is 6.54 Å². The van der Waals surface area contributed by atoms with Crippen LogP contribution < -0.4 is 5.32 Å². The predicted molar refractivity (Wildman–Crippen MR) is 85.8 cm³/mol. The number of likely N-dealkylation sites (tertiary alicyclic amines) is 1. The summed E-state index contributed by atoms with van der Waals surface area (Å²) < 4.78 is 26.7. The van der Waals surface area contributed by atoms with Crippen molar-refractivity contribution in [3.8, 4) is 0 Å². The number of hydrogen-bond donors (Lipinski definition) is 2. The Kier molecular flexibility index (Phi) is 4.76. The van der Waals surface area contributed by atoms with Crippen LogP contribution in [0.5, 0.6) is 0 Å². The fraction of sp³-hybridized carbons (Fsp3) is 0.278. The van der Waals surface area contributed by atoms with Crippen molar-refractivity contribution in [2.45, 2.75) is 18.5 Å². The van der Waals surface area contributed by atoms with Gasteiger partial charge in [0, 0.05) is 25.6 Å². The van der Waals surface area contributed by atoms with Crippen molar-refractivity contribution >= 4 is 6.09 Å². The van der Waals surface area contributed by atoms with Gasteiger partial charge in [0.1, 0.15) is 0 Å². The number of benzene rings is 2. The molecular weight excluding hydrogens is 314 g/mol. The van der Waals surface area contributed by atoms with Crippen LogP contribution in [0.25, 0.3) is 0 Å². The van der Waals surface area contributed by atoms with Gasteiger partial charge in [0.2, 0.25) is 0 Å². The maximum atomic E-state index is 13.5. The number of carboxylic acid groups (broad SMARTS) is 1. The summed E-state index contributed by atoms with van der Waals surface area (Å²) in [5, 5.41) is 11.5. The molecule has 1 aliphatic rings. The fourth-order valence-electron chi connectivity index (χ4n) is 3.24. The molecule has 1 aliphatic heterocycles. The van der Waals surface area contributed by atoms with Gasteiger partial charge in [-0.3, -0.25) is 4.90 Å². The fourth-order valence-corrected chi connectivity index (χ4v) is 3.24. The summed E-state index contributed by atoms with van der Waals surface area (Å²) in [5.74, 6) is -2.04. The molecule has 0 radical (unpaired) electrons. The maximum Gasteiger partial charge on any atom is 0.404 e. The molecule has 0 aliphatic carbocycles. The highest BCUT2D eigenvalue weighted by Gasteiger charge is 2.35. The van der Waals surface area contributed by atoms with Gasteiger partial charge in [0.05, 0.1) is 6.04 Å². The third kappa shape index (κ3) is 3.71. The predicted octanol–water partition coefficient (Wildman–Crippen LogP) is 3.20. The van der Waals surface area contributed by atoms with Gasteiger partial charge in [-0.2, -0.15) is 0 Å². The normalized spacial score (nSPS) is 20.9. The molecule has 0 bridgehead atoms. The molecule has 4 nitrogen and oxygen atoms in total. The first-order valence-corrected chi connectivity index (χ1v) is 7.73. The smallest absolute Gasteiger partial charge is 0.404 e. The number of nitrogens with one attached hydrogen (secondary N) is 1. The molecule has 1 heterocycles. The van der Waals surface area contributed by atoms with Crippen LogP contribution in [0.15, 0.2) is 48.5 Å². The molecule has 0 spiro atoms. The molecule has 1 saturated heterocycles. The molecule has 0 unspecified atom stereocenters.